The Labute approximate surface area is 362 Å². The molecule has 11 aromatic rings. The molecule has 1 heterocycles. The zero-order valence-corrected chi connectivity index (χ0v) is 34.7. The molecule has 0 saturated heterocycles. The molecule has 0 amide bonds. The van der Waals surface area contributed by atoms with Gasteiger partial charge in [0.15, 0.2) is 0 Å². The van der Waals surface area contributed by atoms with Crippen LogP contribution >= 0.6 is 0 Å². The number of aromatic nitrogens is 1. The van der Waals surface area contributed by atoms with E-state index in [4.69, 9.17) is 0 Å². The van der Waals surface area contributed by atoms with Gasteiger partial charge in [0, 0.05) is 55.4 Å². The van der Waals surface area contributed by atoms with Crippen molar-refractivity contribution in [3.05, 3.63) is 236 Å². The van der Waals surface area contributed by atoms with E-state index in [-0.39, 0.29) is 5.41 Å². The van der Waals surface area contributed by atoms with Gasteiger partial charge in [-0.15, -0.1) is 0 Å². The quantitative estimate of drug-likeness (QED) is 0.159. The van der Waals surface area contributed by atoms with Crippen molar-refractivity contribution < 1.29 is 0 Å². The molecule has 0 atom stereocenters. The van der Waals surface area contributed by atoms with Gasteiger partial charge in [0.1, 0.15) is 0 Å². The molecule has 12 rings (SSSR count). The second kappa shape index (κ2) is 14.1. The zero-order chi connectivity index (χ0) is 41.4. The number of fused-ring (bicyclic) bond motifs is 8. The maximum absolute atomic E-state index is 2.48. The minimum atomic E-state index is -0.151. The fraction of sp³-hybridized carbons (Fsp3) is 0.0508. The third kappa shape index (κ3) is 5.59. The average molecular weight is 794 g/mol. The first-order chi connectivity index (χ1) is 30.5. The van der Waals surface area contributed by atoms with Crippen LogP contribution in [-0.2, 0) is 5.41 Å². The lowest BCUT2D eigenvalue weighted by molar-refractivity contribution is 0.661. The topological polar surface area (TPSA) is 11.4 Å². The smallest absolute Gasteiger partial charge is 0.0561 e. The summed E-state index contributed by atoms with van der Waals surface area (Å²) >= 11 is 0. The van der Waals surface area contributed by atoms with E-state index in [2.05, 4.69) is 253 Å². The molecule has 0 bridgehead atoms. The third-order valence-electron chi connectivity index (χ3n) is 13.1. The molecule has 1 aliphatic carbocycles. The lowest BCUT2D eigenvalue weighted by Crippen LogP contribution is -2.16. The highest BCUT2D eigenvalue weighted by Crippen LogP contribution is 2.53. The molecule has 0 aliphatic heterocycles. The second-order valence-electron chi connectivity index (χ2n) is 17.0. The number of anilines is 6. The van der Waals surface area contributed by atoms with Crippen molar-refractivity contribution in [3.8, 4) is 16.8 Å². The van der Waals surface area contributed by atoms with Crippen molar-refractivity contribution in [2.24, 2.45) is 0 Å². The number of nitrogens with zero attached hydrogens (tertiary/aromatic N) is 3. The highest BCUT2D eigenvalue weighted by atomic mass is 15.2. The summed E-state index contributed by atoms with van der Waals surface area (Å²) in [4.78, 5) is 4.92. The average Bonchev–Trinajstić information content (AvgIpc) is 3.77. The van der Waals surface area contributed by atoms with E-state index in [1.54, 1.807) is 0 Å². The summed E-state index contributed by atoms with van der Waals surface area (Å²) in [5.74, 6) is 0. The molecule has 294 valence electrons. The van der Waals surface area contributed by atoms with E-state index in [9.17, 15) is 0 Å². The van der Waals surface area contributed by atoms with Crippen molar-refractivity contribution in [1.29, 1.82) is 0 Å². The van der Waals surface area contributed by atoms with Gasteiger partial charge in [-0.05, 0) is 118 Å². The molecule has 0 unspecified atom stereocenters. The Bertz CT molecular complexity index is 3450. The first kappa shape index (κ1) is 36.0. The van der Waals surface area contributed by atoms with E-state index in [1.807, 2.05) is 0 Å². The van der Waals surface area contributed by atoms with E-state index < -0.39 is 0 Å². The number of benzene rings is 10. The van der Waals surface area contributed by atoms with Gasteiger partial charge in [-0.25, -0.2) is 0 Å². The Kier molecular flexibility index (Phi) is 8.20. The minimum absolute atomic E-state index is 0.151. The maximum Gasteiger partial charge on any atom is 0.0561 e. The summed E-state index contributed by atoms with van der Waals surface area (Å²) in [6.07, 6.45) is 0. The fourth-order valence-electron chi connectivity index (χ4n) is 10.2. The normalized spacial score (nSPS) is 12.8. The minimum Gasteiger partial charge on any atom is -0.310 e. The lowest BCUT2D eigenvalue weighted by atomic mass is 9.81. The number of hydrogen-bond acceptors (Lipinski definition) is 2. The van der Waals surface area contributed by atoms with Gasteiger partial charge in [0.25, 0.3) is 0 Å². The van der Waals surface area contributed by atoms with Gasteiger partial charge in [0.05, 0.1) is 22.4 Å². The van der Waals surface area contributed by atoms with Gasteiger partial charge in [-0.3, -0.25) is 0 Å². The molecule has 62 heavy (non-hydrogen) atoms. The van der Waals surface area contributed by atoms with Crippen molar-refractivity contribution >= 4 is 77.5 Å². The van der Waals surface area contributed by atoms with Crippen LogP contribution in [0.5, 0.6) is 0 Å². The molecule has 0 fully saturated rings. The predicted molar refractivity (Wildman–Crippen MR) is 263 cm³/mol. The Morgan fingerprint density at radius 3 is 1.73 bits per heavy atom. The monoisotopic (exact) mass is 793 g/mol. The van der Waals surface area contributed by atoms with Crippen LogP contribution in [0, 0.1) is 0 Å². The predicted octanol–water partition coefficient (Wildman–Crippen LogP) is 16.3. The van der Waals surface area contributed by atoms with Gasteiger partial charge in [0.2, 0.25) is 0 Å². The summed E-state index contributed by atoms with van der Waals surface area (Å²) in [7, 11) is 0. The Balaban J connectivity index is 1.20. The van der Waals surface area contributed by atoms with Gasteiger partial charge < -0.3 is 14.4 Å². The van der Waals surface area contributed by atoms with E-state index in [1.165, 1.54) is 60.1 Å². The molecule has 3 heteroatoms. The molecule has 0 N–H and O–H groups in total. The zero-order valence-electron chi connectivity index (χ0n) is 34.7. The largest absolute Gasteiger partial charge is 0.310 e. The summed E-state index contributed by atoms with van der Waals surface area (Å²) in [6.45, 7) is 4.74. The van der Waals surface area contributed by atoms with Crippen molar-refractivity contribution in [2.45, 2.75) is 19.3 Å². The van der Waals surface area contributed by atoms with Gasteiger partial charge >= 0.3 is 0 Å². The number of rotatable bonds is 7. The van der Waals surface area contributed by atoms with Crippen LogP contribution in [0.3, 0.4) is 0 Å². The number of para-hydroxylation sites is 4. The molecular weight excluding hydrogens is 751 g/mol. The van der Waals surface area contributed by atoms with E-state index in [0.29, 0.717) is 0 Å². The second-order valence-corrected chi connectivity index (χ2v) is 17.0. The summed E-state index contributed by atoms with van der Waals surface area (Å²) in [5.41, 5.74) is 15.3. The molecule has 0 saturated carbocycles. The summed E-state index contributed by atoms with van der Waals surface area (Å²) < 4.78 is 2.41. The van der Waals surface area contributed by atoms with Crippen LogP contribution in [0.2, 0.25) is 0 Å². The number of hydrogen-bond donors (Lipinski definition) is 0. The molecule has 1 aliphatic rings. The van der Waals surface area contributed by atoms with E-state index in [0.717, 1.165) is 45.3 Å². The maximum atomic E-state index is 2.48. The standard InChI is InChI=1S/C59H43N3/c1-59(2)53-30-16-14-28-48(53)52-36-41-35-46(38-58(51(41)39-54(52)59)60(42-21-6-3-7-22-42)43-23-8-4-9-24-43)61(55-32-18-20-40-19-12-13-27-47(40)55)45-33-34-50-49-29-15-17-31-56(49)62(57(50)37-45)44-25-10-5-11-26-44/h3-39H,1-2H3. The highest BCUT2D eigenvalue weighted by Gasteiger charge is 2.36. The van der Waals surface area contributed by atoms with Crippen LogP contribution < -0.4 is 9.80 Å². The molecular formula is C59H43N3. The van der Waals surface area contributed by atoms with Crippen LogP contribution in [0.25, 0.3) is 60.2 Å². The summed E-state index contributed by atoms with van der Waals surface area (Å²) in [5, 5.41) is 7.24. The third-order valence-corrected chi connectivity index (χ3v) is 13.1. The van der Waals surface area contributed by atoms with Crippen LogP contribution in [0.4, 0.5) is 34.1 Å². The van der Waals surface area contributed by atoms with Crippen LogP contribution in [-0.4, -0.2) is 4.57 Å². The molecule has 0 radical (unpaired) electrons. The Morgan fingerprint density at radius 1 is 0.339 bits per heavy atom. The Morgan fingerprint density at radius 2 is 0.952 bits per heavy atom. The first-order valence-corrected chi connectivity index (χ1v) is 21.5. The van der Waals surface area contributed by atoms with Crippen molar-refractivity contribution in [2.75, 3.05) is 9.80 Å². The van der Waals surface area contributed by atoms with Crippen LogP contribution in [0.1, 0.15) is 25.0 Å². The van der Waals surface area contributed by atoms with Gasteiger partial charge in [-0.2, -0.15) is 0 Å². The first-order valence-electron chi connectivity index (χ1n) is 21.5. The highest BCUT2D eigenvalue weighted by molar-refractivity contribution is 6.12. The molecule has 0 spiro atoms. The van der Waals surface area contributed by atoms with Crippen molar-refractivity contribution in [3.63, 3.8) is 0 Å². The van der Waals surface area contributed by atoms with Crippen molar-refractivity contribution in [1.82, 2.24) is 4.57 Å². The SMILES string of the molecule is CC1(C)c2ccccc2-c2cc3cc(N(c4ccc5c6ccccc6n(-c6ccccc6)c5c4)c4cccc5ccccc45)cc(N(c4ccccc4)c4ccccc4)c3cc21. The van der Waals surface area contributed by atoms with E-state index >= 15 is 0 Å². The van der Waals surface area contributed by atoms with Gasteiger partial charge in [-0.1, -0.05) is 153 Å². The Hall–Kier alpha value is -7.88. The molecule has 10 aromatic carbocycles. The summed E-state index contributed by atoms with van der Waals surface area (Å²) in [6, 6.07) is 82.3. The molecule has 3 nitrogen and oxygen atoms in total. The van der Waals surface area contributed by atoms with Crippen LogP contribution in [0.15, 0.2) is 224 Å². The fourth-order valence-corrected chi connectivity index (χ4v) is 10.2. The lowest BCUT2D eigenvalue weighted by Gasteiger charge is -2.32. The molecule has 1 aromatic heterocycles.